The van der Waals surface area contributed by atoms with E-state index in [-0.39, 0.29) is 5.56 Å². The van der Waals surface area contributed by atoms with Gasteiger partial charge >= 0.3 is 0 Å². The molecule has 74 valence electrons. The van der Waals surface area contributed by atoms with Crippen molar-refractivity contribution in [2.75, 3.05) is 0 Å². The summed E-state index contributed by atoms with van der Waals surface area (Å²) in [6.07, 6.45) is 0. The van der Waals surface area contributed by atoms with E-state index in [2.05, 4.69) is 25.9 Å². The Kier molecular flexibility index (Phi) is 1.90. The monoisotopic (exact) mass is 280 g/mol. The van der Waals surface area contributed by atoms with Crippen molar-refractivity contribution in [2.45, 2.75) is 0 Å². The Labute approximate surface area is 96.9 Å². The molecule has 0 bridgehead atoms. The molecule has 0 spiro atoms. The Morgan fingerprint density at radius 1 is 1.33 bits per heavy atom. The average molecular weight is 281 g/mol. The maximum atomic E-state index is 11.8. The number of fused-ring (bicyclic) bond motifs is 3. The predicted molar refractivity (Wildman–Crippen MR) is 65.4 cm³/mol. The van der Waals surface area contributed by atoms with Crippen LogP contribution in [0.2, 0.25) is 0 Å². The summed E-state index contributed by atoms with van der Waals surface area (Å²) in [5.41, 5.74) is -0.0932. The van der Waals surface area contributed by atoms with E-state index >= 15 is 0 Å². The van der Waals surface area contributed by atoms with Crippen LogP contribution >= 0.6 is 27.3 Å². The fourth-order valence-corrected chi connectivity index (χ4v) is 3.16. The maximum absolute atomic E-state index is 11.8. The lowest BCUT2D eigenvalue weighted by Crippen LogP contribution is -2.06. The highest BCUT2D eigenvalue weighted by atomic mass is 79.9. The fourth-order valence-electron chi connectivity index (χ4n) is 1.60. The van der Waals surface area contributed by atoms with Gasteiger partial charge in [-0.1, -0.05) is 18.2 Å². The number of thiophene rings is 1. The Bertz CT molecular complexity index is 716. The minimum Gasteiger partial charge on any atom is -0.300 e. The van der Waals surface area contributed by atoms with Gasteiger partial charge in [0.15, 0.2) is 4.73 Å². The van der Waals surface area contributed by atoms with Crippen LogP contribution in [0.5, 0.6) is 0 Å². The van der Waals surface area contributed by atoms with Crippen LogP contribution in [0.25, 0.3) is 20.3 Å². The third-order valence-corrected chi connectivity index (χ3v) is 3.66. The first-order valence-corrected chi connectivity index (χ1v) is 5.94. The van der Waals surface area contributed by atoms with Crippen LogP contribution < -0.4 is 5.56 Å². The molecule has 15 heavy (non-hydrogen) atoms. The highest BCUT2D eigenvalue weighted by molar-refractivity contribution is 9.10. The largest absolute Gasteiger partial charge is 0.300 e. The van der Waals surface area contributed by atoms with Crippen LogP contribution in [-0.2, 0) is 0 Å². The van der Waals surface area contributed by atoms with Crippen molar-refractivity contribution < 1.29 is 0 Å². The molecule has 2 aromatic heterocycles. The maximum Gasteiger partial charge on any atom is 0.260 e. The lowest BCUT2D eigenvalue weighted by atomic mass is 10.2. The van der Waals surface area contributed by atoms with Crippen molar-refractivity contribution in [1.29, 1.82) is 0 Å². The van der Waals surface area contributed by atoms with Gasteiger partial charge in [0.05, 0.1) is 5.39 Å². The normalized spacial score (nSPS) is 11.3. The summed E-state index contributed by atoms with van der Waals surface area (Å²) >= 11 is 4.71. The van der Waals surface area contributed by atoms with Crippen molar-refractivity contribution in [3.8, 4) is 0 Å². The molecule has 3 aromatic rings. The number of rotatable bonds is 0. The zero-order chi connectivity index (χ0) is 10.4. The number of H-pyrrole nitrogens is 1. The van der Waals surface area contributed by atoms with Gasteiger partial charge in [0, 0.05) is 10.1 Å². The zero-order valence-electron chi connectivity index (χ0n) is 7.45. The van der Waals surface area contributed by atoms with E-state index in [9.17, 15) is 4.79 Å². The summed E-state index contributed by atoms with van der Waals surface area (Å²) in [5, 5.41) is 1.65. The van der Waals surface area contributed by atoms with Crippen molar-refractivity contribution in [1.82, 2.24) is 9.97 Å². The highest BCUT2D eigenvalue weighted by Gasteiger charge is 2.09. The van der Waals surface area contributed by atoms with Crippen LogP contribution in [0.1, 0.15) is 0 Å². The number of halogens is 1. The Hall–Kier alpha value is -1.20. The molecular weight excluding hydrogens is 276 g/mol. The second kappa shape index (κ2) is 3.15. The smallest absolute Gasteiger partial charge is 0.260 e. The lowest BCUT2D eigenvalue weighted by Gasteiger charge is -1.90. The van der Waals surface area contributed by atoms with Crippen LogP contribution in [0.3, 0.4) is 0 Å². The van der Waals surface area contributed by atoms with Gasteiger partial charge in [-0.25, -0.2) is 4.98 Å². The van der Waals surface area contributed by atoms with Gasteiger partial charge in [0.2, 0.25) is 0 Å². The molecule has 0 amide bonds. The van der Waals surface area contributed by atoms with Crippen molar-refractivity contribution in [2.24, 2.45) is 0 Å². The van der Waals surface area contributed by atoms with E-state index in [0.29, 0.717) is 10.1 Å². The van der Waals surface area contributed by atoms with Crippen LogP contribution in [-0.4, -0.2) is 9.97 Å². The molecule has 2 heterocycles. The van der Waals surface area contributed by atoms with Gasteiger partial charge in [-0.15, -0.1) is 11.3 Å². The van der Waals surface area contributed by atoms with Crippen LogP contribution in [0, 0.1) is 0 Å². The van der Waals surface area contributed by atoms with Gasteiger partial charge in [0.25, 0.3) is 5.56 Å². The number of benzene rings is 1. The molecule has 3 rings (SSSR count). The van der Waals surface area contributed by atoms with Gasteiger partial charge in [0.1, 0.15) is 4.83 Å². The van der Waals surface area contributed by atoms with Gasteiger partial charge in [-0.2, -0.15) is 0 Å². The van der Waals surface area contributed by atoms with E-state index in [0.717, 1.165) is 14.9 Å². The van der Waals surface area contributed by atoms with Gasteiger partial charge in [-0.3, -0.25) is 4.79 Å². The molecule has 1 N–H and O–H groups in total. The molecule has 1 aromatic carbocycles. The molecule has 0 radical (unpaired) electrons. The SMILES string of the molecule is O=c1[nH]c(Br)nc2sc3ccccc3c12. The molecule has 3 nitrogen and oxygen atoms in total. The number of nitrogens with one attached hydrogen (secondary N) is 1. The lowest BCUT2D eigenvalue weighted by molar-refractivity contribution is 1.13. The summed E-state index contributed by atoms with van der Waals surface area (Å²) < 4.78 is 1.56. The first kappa shape index (κ1) is 9.06. The molecule has 0 saturated carbocycles. The summed E-state index contributed by atoms with van der Waals surface area (Å²) in [5.74, 6) is 0. The van der Waals surface area contributed by atoms with Gasteiger partial charge < -0.3 is 4.98 Å². The molecule has 0 aliphatic rings. The second-order valence-electron chi connectivity index (χ2n) is 3.14. The summed E-state index contributed by atoms with van der Waals surface area (Å²) in [4.78, 5) is 19.4. The topological polar surface area (TPSA) is 45.8 Å². The predicted octanol–water partition coefficient (Wildman–Crippen LogP) is 2.90. The number of hydrogen-bond acceptors (Lipinski definition) is 3. The quantitative estimate of drug-likeness (QED) is 0.644. The molecule has 0 saturated heterocycles. The van der Waals surface area contributed by atoms with E-state index in [1.807, 2.05) is 24.3 Å². The minimum atomic E-state index is -0.0932. The first-order chi connectivity index (χ1) is 7.25. The summed E-state index contributed by atoms with van der Waals surface area (Å²) in [6, 6.07) is 7.82. The van der Waals surface area contributed by atoms with Gasteiger partial charge in [-0.05, 0) is 22.0 Å². The molecule has 0 fully saturated rings. The first-order valence-electron chi connectivity index (χ1n) is 4.33. The van der Waals surface area contributed by atoms with Crippen LogP contribution in [0.15, 0.2) is 33.8 Å². The van der Waals surface area contributed by atoms with E-state index in [1.165, 1.54) is 11.3 Å². The zero-order valence-corrected chi connectivity index (χ0v) is 9.85. The van der Waals surface area contributed by atoms with E-state index in [1.54, 1.807) is 0 Å². The third kappa shape index (κ3) is 1.31. The van der Waals surface area contributed by atoms with E-state index in [4.69, 9.17) is 0 Å². The standard InChI is InChI=1S/C10H5BrN2OS/c11-10-12-8(14)7-5-3-1-2-4-6(5)15-9(7)13-10/h1-4H,(H,12,13,14). The van der Waals surface area contributed by atoms with Crippen LogP contribution in [0.4, 0.5) is 0 Å². The van der Waals surface area contributed by atoms with Crippen molar-refractivity contribution in [3.63, 3.8) is 0 Å². The molecule has 0 unspecified atom stereocenters. The minimum absolute atomic E-state index is 0.0932. The molecule has 5 heteroatoms. The number of aromatic nitrogens is 2. The number of aromatic amines is 1. The Morgan fingerprint density at radius 2 is 2.13 bits per heavy atom. The molecule has 0 aliphatic heterocycles. The second-order valence-corrected chi connectivity index (χ2v) is 4.92. The summed E-state index contributed by atoms with van der Waals surface area (Å²) in [7, 11) is 0. The fraction of sp³-hybridized carbons (Fsp3) is 0. The molecular formula is C10H5BrN2OS. The molecule has 0 atom stereocenters. The highest BCUT2D eigenvalue weighted by Crippen LogP contribution is 2.30. The average Bonchev–Trinajstić information content (AvgIpc) is 2.54. The summed E-state index contributed by atoms with van der Waals surface area (Å²) in [6.45, 7) is 0. The van der Waals surface area contributed by atoms with E-state index < -0.39 is 0 Å². The Morgan fingerprint density at radius 3 is 3.00 bits per heavy atom. The van der Waals surface area contributed by atoms with Crippen molar-refractivity contribution in [3.05, 3.63) is 39.4 Å². The number of nitrogens with zero attached hydrogens (tertiary/aromatic N) is 1. The Balaban J connectivity index is 2.67. The molecule has 0 aliphatic carbocycles. The number of hydrogen-bond donors (Lipinski definition) is 1. The third-order valence-electron chi connectivity index (χ3n) is 2.22. The van der Waals surface area contributed by atoms with Crippen molar-refractivity contribution >= 4 is 47.6 Å².